The predicted octanol–water partition coefficient (Wildman–Crippen LogP) is 0.121. The van der Waals surface area contributed by atoms with Crippen molar-refractivity contribution in [2.45, 2.75) is 89.0 Å². The molecule has 1 saturated carbocycles. The van der Waals surface area contributed by atoms with E-state index in [4.69, 9.17) is 9.47 Å². The second kappa shape index (κ2) is 8.94. The van der Waals surface area contributed by atoms with Crippen LogP contribution >= 0.6 is 0 Å². The van der Waals surface area contributed by atoms with Crippen molar-refractivity contribution in [2.24, 2.45) is 0 Å². The van der Waals surface area contributed by atoms with Crippen LogP contribution in [0.25, 0.3) is 0 Å². The molecule has 1 aliphatic carbocycles. The second-order valence-electron chi connectivity index (χ2n) is 6.14. The number of carbonyl (C=O) groups is 1. The molecule has 1 fully saturated rings. The summed E-state index contributed by atoms with van der Waals surface area (Å²) in [5, 5.41) is 40.8. The Kier molecular flexibility index (Phi) is 7.89. The van der Waals surface area contributed by atoms with E-state index in [-0.39, 0.29) is 19.4 Å². The fourth-order valence-electron chi connectivity index (χ4n) is 3.12. The summed E-state index contributed by atoms with van der Waals surface area (Å²) in [7, 11) is 0. The van der Waals surface area contributed by atoms with Crippen molar-refractivity contribution in [3.05, 3.63) is 0 Å². The summed E-state index contributed by atoms with van der Waals surface area (Å²) >= 11 is 0. The third-order valence-corrected chi connectivity index (χ3v) is 4.22. The van der Waals surface area contributed by atoms with E-state index < -0.39 is 42.1 Å². The predicted molar refractivity (Wildman–Crippen MR) is 82.7 cm³/mol. The van der Waals surface area contributed by atoms with Gasteiger partial charge in [0.15, 0.2) is 5.60 Å². The molecule has 0 saturated heterocycles. The molecule has 7 heteroatoms. The van der Waals surface area contributed by atoms with Crippen molar-refractivity contribution in [2.75, 3.05) is 6.61 Å². The van der Waals surface area contributed by atoms with Gasteiger partial charge in [-0.15, -0.1) is 0 Å². The van der Waals surface area contributed by atoms with Crippen LogP contribution in [-0.2, 0) is 14.3 Å². The van der Waals surface area contributed by atoms with E-state index >= 15 is 0 Å². The molecule has 0 aromatic heterocycles. The van der Waals surface area contributed by atoms with Crippen LogP contribution in [0.4, 0.5) is 0 Å². The van der Waals surface area contributed by atoms with Gasteiger partial charge in [0.1, 0.15) is 30.5 Å². The average molecular weight is 334 g/mol. The minimum Gasteiger partial charge on any atom is -0.453 e. The minimum absolute atomic E-state index is 0.160. The summed E-state index contributed by atoms with van der Waals surface area (Å²) in [6.45, 7) is 5.81. The Morgan fingerprint density at radius 3 is 2.13 bits per heavy atom. The molecule has 0 aromatic carbocycles. The van der Waals surface area contributed by atoms with Gasteiger partial charge in [0.2, 0.25) is 0 Å². The molecule has 23 heavy (non-hydrogen) atoms. The summed E-state index contributed by atoms with van der Waals surface area (Å²) in [6, 6.07) is 0. The Labute approximate surface area is 137 Å². The van der Waals surface area contributed by atoms with Gasteiger partial charge in [-0.1, -0.05) is 27.2 Å². The molecule has 0 bridgehead atoms. The first-order valence-electron chi connectivity index (χ1n) is 8.41. The second-order valence-corrected chi connectivity index (χ2v) is 6.14. The number of esters is 1. The SMILES string of the molecule is CCCO[C@H]1[C@H](O)[C@@H](O)[C@H](O)[C@@H](O)[C@@]1(CCC)OC(=O)CCC. The van der Waals surface area contributed by atoms with E-state index in [9.17, 15) is 25.2 Å². The van der Waals surface area contributed by atoms with Gasteiger partial charge >= 0.3 is 5.97 Å². The van der Waals surface area contributed by atoms with Crippen molar-refractivity contribution < 1.29 is 34.7 Å². The average Bonchev–Trinajstić information content (AvgIpc) is 2.51. The molecule has 0 aromatic rings. The van der Waals surface area contributed by atoms with Gasteiger partial charge in [-0.3, -0.25) is 4.79 Å². The number of hydrogen-bond donors (Lipinski definition) is 4. The third-order valence-electron chi connectivity index (χ3n) is 4.22. The summed E-state index contributed by atoms with van der Waals surface area (Å²) in [4.78, 5) is 12.0. The van der Waals surface area contributed by atoms with E-state index in [0.29, 0.717) is 19.3 Å². The van der Waals surface area contributed by atoms with Crippen LogP contribution in [0.3, 0.4) is 0 Å². The van der Waals surface area contributed by atoms with Crippen LogP contribution in [0.2, 0.25) is 0 Å². The molecule has 7 nitrogen and oxygen atoms in total. The van der Waals surface area contributed by atoms with E-state index in [1.165, 1.54) is 0 Å². The lowest BCUT2D eigenvalue weighted by Gasteiger charge is -2.51. The summed E-state index contributed by atoms with van der Waals surface area (Å²) in [5.74, 6) is -0.527. The zero-order valence-electron chi connectivity index (χ0n) is 14.1. The lowest BCUT2D eigenvalue weighted by Crippen LogP contribution is -2.72. The molecule has 4 N–H and O–H groups in total. The quantitative estimate of drug-likeness (QED) is 0.466. The van der Waals surface area contributed by atoms with Gasteiger partial charge in [-0.25, -0.2) is 0 Å². The van der Waals surface area contributed by atoms with Gasteiger partial charge in [-0.05, 0) is 19.3 Å². The van der Waals surface area contributed by atoms with Crippen LogP contribution in [0.15, 0.2) is 0 Å². The maximum absolute atomic E-state index is 12.0. The van der Waals surface area contributed by atoms with E-state index in [1.54, 1.807) is 0 Å². The molecule has 0 heterocycles. The highest BCUT2D eigenvalue weighted by molar-refractivity contribution is 5.70. The lowest BCUT2D eigenvalue weighted by molar-refractivity contribution is -0.286. The summed E-state index contributed by atoms with van der Waals surface area (Å²) in [5.41, 5.74) is -1.58. The topological polar surface area (TPSA) is 116 Å². The highest BCUT2D eigenvalue weighted by Crippen LogP contribution is 2.39. The molecule has 0 radical (unpaired) electrons. The van der Waals surface area contributed by atoms with Crippen LogP contribution in [0.5, 0.6) is 0 Å². The Bertz CT molecular complexity index is 375. The smallest absolute Gasteiger partial charge is 0.306 e. The number of rotatable bonds is 8. The highest BCUT2D eigenvalue weighted by atomic mass is 16.6. The molecule has 0 unspecified atom stereocenters. The standard InChI is InChI=1S/C16H30O7/c1-4-7-10(17)23-16(8-5-2)14(21)12(19)11(18)13(20)15(16)22-9-6-3/h11-15,18-21H,4-9H2,1-3H3/t11-,12-,13+,14+,15-,16+/m0/s1. The first-order valence-corrected chi connectivity index (χ1v) is 8.41. The Morgan fingerprint density at radius 1 is 0.957 bits per heavy atom. The largest absolute Gasteiger partial charge is 0.453 e. The zero-order valence-corrected chi connectivity index (χ0v) is 14.1. The molecule has 0 spiro atoms. The van der Waals surface area contributed by atoms with Gasteiger partial charge in [0, 0.05) is 13.0 Å². The van der Waals surface area contributed by atoms with Crippen LogP contribution in [0.1, 0.15) is 52.9 Å². The van der Waals surface area contributed by atoms with Crippen molar-refractivity contribution in [1.82, 2.24) is 0 Å². The Morgan fingerprint density at radius 2 is 1.61 bits per heavy atom. The normalized spacial score (nSPS) is 37.6. The first-order chi connectivity index (χ1) is 10.9. The molecule has 1 aliphatic rings. The molecule has 6 atom stereocenters. The van der Waals surface area contributed by atoms with Gasteiger partial charge in [-0.2, -0.15) is 0 Å². The van der Waals surface area contributed by atoms with Crippen molar-refractivity contribution in [3.63, 3.8) is 0 Å². The number of aliphatic hydroxyl groups excluding tert-OH is 4. The van der Waals surface area contributed by atoms with Gasteiger partial charge in [0.25, 0.3) is 0 Å². The maximum Gasteiger partial charge on any atom is 0.306 e. The van der Waals surface area contributed by atoms with Gasteiger partial charge < -0.3 is 29.9 Å². The number of carbonyl (C=O) groups excluding carboxylic acids is 1. The molecule has 0 aliphatic heterocycles. The summed E-state index contributed by atoms with van der Waals surface area (Å²) < 4.78 is 11.1. The van der Waals surface area contributed by atoms with Crippen LogP contribution in [0, 0.1) is 0 Å². The van der Waals surface area contributed by atoms with E-state index in [0.717, 1.165) is 0 Å². The number of hydrogen-bond acceptors (Lipinski definition) is 7. The van der Waals surface area contributed by atoms with Crippen molar-refractivity contribution in [3.8, 4) is 0 Å². The third kappa shape index (κ3) is 4.22. The van der Waals surface area contributed by atoms with Crippen molar-refractivity contribution >= 4 is 5.97 Å². The zero-order chi connectivity index (χ0) is 17.6. The first kappa shape index (κ1) is 20.3. The molecular weight excluding hydrogens is 304 g/mol. The monoisotopic (exact) mass is 334 g/mol. The fraction of sp³-hybridized carbons (Fsp3) is 0.938. The summed E-state index contributed by atoms with van der Waals surface area (Å²) in [6.07, 6.45) is -5.14. The Balaban J connectivity index is 3.20. The molecular formula is C16H30O7. The minimum atomic E-state index is -1.62. The van der Waals surface area contributed by atoms with Crippen molar-refractivity contribution in [1.29, 1.82) is 0 Å². The number of aliphatic hydroxyl groups is 4. The van der Waals surface area contributed by atoms with Crippen LogP contribution < -0.4 is 0 Å². The number of ether oxygens (including phenoxy) is 2. The van der Waals surface area contributed by atoms with E-state index in [1.807, 2.05) is 20.8 Å². The fourth-order valence-corrected chi connectivity index (χ4v) is 3.12. The van der Waals surface area contributed by atoms with Gasteiger partial charge in [0.05, 0.1) is 0 Å². The molecule has 1 rings (SSSR count). The maximum atomic E-state index is 12.0. The van der Waals surface area contributed by atoms with E-state index in [2.05, 4.69) is 0 Å². The van der Waals surface area contributed by atoms with Crippen LogP contribution in [-0.4, -0.2) is 69.1 Å². The lowest BCUT2D eigenvalue weighted by atomic mass is 9.72. The highest BCUT2D eigenvalue weighted by Gasteiger charge is 2.61. The Hall–Kier alpha value is -0.730. The molecule has 136 valence electrons. The molecule has 0 amide bonds.